The number of thioether (sulfide) groups is 1. The summed E-state index contributed by atoms with van der Waals surface area (Å²) in [5.41, 5.74) is 4.68. The van der Waals surface area contributed by atoms with Gasteiger partial charge in [0.1, 0.15) is 0 Å². The molecule has 2 N–H and O–H groups in total. The Morgan fingerprint density at radius 3 is 2.76 bits per heavy atom. The van der Waals surface area contributed by atoms with Crippen molar-refractivity contribution in [3.63, 3.8) is 0 Å². The summed E-state index contributed by atoms with van der Waals surface area (Å²) in [5, 5.41) is 5.80. The molecule has 6 atom stereocenters. The molecule has 0 unspecified atom stereocenters. The number of fused-ring (bicyclic) bond motifs is 5. The van der Waals surface area contributed by atoms with Gasteiger partial charge >= 0.3 is 0 Å². The highest BCUT2D eigenvalue weighted by atomic mass is 32.2. The van der Waals surface area contributed by atoms with E-state index in [2.05, 4.69) is 29.6 Å². The minimum absolute atomic E-state index is 0.111. The second kappa shape index (κ2) is 7.30. The van der Waals surface area contributed by atoms with Gasteiger partial charge in [0, 0.05) is 60.7 Å². The van der Waals surface area contributed by atoms with Crippen LogP contribution >= 0.6 is 11.8 Å². The van der Waals surface area contributed by atoms with E-state index < -0.39 is 0 Å². The van der Waals surface area contributed by atoms with Crippen molar-refractivity contribution in [2.24, 2.45) is 34.5 Å². The van der Waals surface area contributed by atoms with Crippen molar-refractivity contribution < 1.29 is 9.59 Å². The molecule has 6 heteroatoms. The Morgan fingerprint density at radius 1 is 1.17 bits per heavy atom. The molecule has 0 aromatic heterocycles. The third-order valence-electron chi connectivity index (χ3n) is 9.19. The number of carbonyl (C=O) groups is 2. The van der Waals surface area contributed by atoms with Crippen molar-refractivity contribution in [2.45, 2.75) is 52.4 Å². The van der Waals surface area contributed by atoms with E-state index in [0.717, 1.165) is 50.4 Å². The zero-order valence-electron chi connectivity index (χ0n) is 17.8. The monoisotopic (exact) mass is 417 g/mol. The van der Waals surface area contributed by atoms with Gasteiger partial charge in [-0.25, -0.2) is 5.01 Å². The summed E-state index contributed by atoms with van der Waals surface area (Å²) in [6, 6.07) is 0. The molecule has 160 valence electrons. The molecule has 0 aromatic rings. The Morgan fingerprint density at radius 2 is 1.97 bits per heavy atom. The van der Waals surface area contributed by atoms with Crippen molar-refractivity contribution in [1.29, 1.82) is 0 Å². The summed E-state index contributed by atoms with van der Waals surface area (Å²) in [7, 11) is 0. The molecule has 3 aliphatic carbocycles. The van der Waals surface area contributed by atoms with Crippen molar-refractivity contribution in [1.82, 2.24) is 15.8 Å². The van der Waals surface area contributed by atoms with Gasteiger partial charge in [-0.2, -0.15) is 11.8 Å². The molecule has 0 bridgehead atoms. The van der Waals surface area contributed by atoms with Crippen LogP contribution in [0.25, 0.3) is 0 Å². The highest BCUT2D eigenvalue weighted by Gasteiger charge is 2.60. The van der Waals surface area contributed by atoms with E-state index in [1.54, 1.807) is 0 Å². The average molecular weight is 418 g/mol. The molecule has 2 heterocycles. The van der Waals surface area contributed by atoms with Crippen LogP contribution < -0.4 is 10.7 Å². The van der Waals surface area contributed by atoms with Crippen molar-refractivity contribution in [3.05, 3.63) is 11.8 Å². The fraction of sp³-hybridized carbons (Fsp3) is 0.826. The smallest absolute Gasteiger partial charge is 0.237 e. The fourth-order valence-electron chi connectivity index (χ4n) is 7.48. The lowest BCUT2D eigenvalue weighted by atomic mass is 9.50. The van der Waals surface area contributed by atoms with Crippen LogP contribution in [0.15, 0.2) is 11.8 Å². The molecule has 5 nitrogen and oxygen atoms in total. The molecule has 1 amide bonds. The van der Waals surface area contributed by atoms with Crippen LogP contribution in [0.4, 0.5) is 0 Å². The van der Waals surface area contributed by atoms with E-state index >= 15 is 0 Å². The zero-order valence-corrected chi connectivity index (χ0v) is 18.7. The van der Waals surface area contributed by atoms with Gasteiger partial charge in [0.15, 0.2) is 5.78 Å². The van der Waals surface area contributed by atoms with Crippen molar-refractivity contribution in [2.75, 3.05) is 31.1 Å². The third kappa shape index (κ3) is 3.16. The highest BCUT2D eigenvalue weighted by molar-refractivity contribution is 7.99. The molecule has 2 aliphatic heterocycles. The molecule has 0 aromatic carbocycles. The molecular weight excluding hydrogens is 382 g/mol. The van der Waals surface area contributed by atoms with E-state index in [9.17, 15) is 9.59 Å². The number of ketones is 1. The number of allylic oxidation sites excluding steroid dienone is 2. The largest absolute Gasteiger partial charge is 0.387 e. The van der Waals surface area contributed by atoms with Crippen LogP contribution in [-0.4, -0.2) is 47.8 Å². The van der Waals surface area contributed by atoms with Crippen LogP contribution in [0.3, 0.4) is 0 Å². The van der Waals surface area contributed by atoms with E-state index in [0.29, 0.717) is 24.2 Å². The number of amides is 1. The maximum atomic E-state index is 13.2. The molecule has 0 radical (unpaired) electrons. The lowest BCUT2D eigenvalue weighted by Crippen LogP contribution is -2.58. The molecule has 0 spiro atoms. The third-order valence-corrected chi connectivity index (χ3v) is 10.1. The number of hydrogen-bond donors (Lipinski definition) is 2. The average Bonchev–Trinajstić information content (AvgIpc) is 3.06. The van der Waals surface area contributed by atoms with Crippen LogP contribution in [0.5, 0.6) is 0 Å². The SMILES string of the molecule is C[C@]12CC[C@H]3[C@@H](CNC4=CC(=O)CC[C@@]43C)[C@@H]1CC[C@@H]2C(=O)NN1CCSCC1. The van der Waals surface area contributed by atoms with Gasteiger partial charge in [-0.05, 0) is 55.3 Å². The van der Waals surface area contributed by atoms with Gasteiger partial charge in [0.05, 0.1) is 0 Å². The first kappa shape index (κ1) is 19.9. The molecule has 5 aliphatic rings. The Hall–Kier alpha value is -1.01. The molecule has 4 fully saturated rings. The van der Waals surface area contributed by atoms with Crippen molar-refractivity contribution in [3.8, 4) is 0 Å². The lowest BCUT2D eigenvalue weighted by Gasteiger charge is -2.58. The second-order valence-electron chi connectivity index (χ2n) is 10.4. The van der Waals surface area contributed by atoms with Gasteiger partial charge in [0.2, 0.25) is 5.91 Å². The van der Waals surface area contributed by atoms with E-state index in [1.165, 1.54) is 18.5 Å². The summed E-state index contributed by atoms with van der Waals surface area (Å²) in [6.07, 6.45) is 8.07. The highest BCUT2D eigenvalue weighted by Crippen LogP contribution is 2.64. The number of piperidine rings is 1. The molecule has 5 rings (SSSR count). The Kier molecular flexibility index (Phi) is 5.01. The van der Waals surface area contributed by atoms with E-state index in [1.807, 2.05) is 17.8 Å². The normalized spacial score (nSPS) is 44.8. The minimum Gasteiger partial charge on any atom is -0.387 e. The number of hydrogen-bond acceptors (Lipinski definition) is 5. The van der Waals surface area contributed by atoms with Gasteiger partial charge < -0.3 is 5.32 Å². The second-order valence-corrected chi connectivity index (χ2v) is 11.7. The number of hydrazine groups is 1. The fourth-order valence-corrected chi connectivity index (χ4v) is 8.39. The molecule has 2 saturated carbocycles. The maximum Gasteiger partial charge on any atom is 0.237 e. The maximum absolute atomic E-state index is 13.2. The standard InChI is InChI=1S/C23H35N3O2S/c1-22-8-6-18-16(14-24-20-13-15(27)5-7-23(18,20)2)17(22)3-4-19(22)21(28)25-26-9-11-29-12-10-26/h13,16-19,24H,3-12,14H2,1-2H3,(H,25,28)/t16-,17-,18-,19+,22-,23+/m0/s1. The lowest BCUT2D eigenvalue weighted by molar-refractivity contribution is -0.137. The Bertz CT molecular complexity index is 734. The van der Waals surface area contributed by atoms with Crippen LogP contribution in [0.2, 0.25) is 0 Å². The molecule has 29 heavy (non-hydrogen) atoms. The first-order chi connectivity index (χ1) is 13.9. The van der Waals surface area contributed by atoms with Crippen LogP contribution in [-0.2, 0) is 9.59 Å². The van der Waals surface area contributed by atoms with E-state index in [4.69, 9.17) is 0 Å². The number of rotatable bonds is 2. The first-order valence-corrected chi connectivity index (χ1v) is 12.7. The van der Waals surface area contributed by atoms with Gasteiger partial charge in [0.25, 0.3) is 0 Å². The quantitative estimate of drug-likeness (QED) is 0.723. The van der Waals surface area contributed by atoms with Crippen LogP contribution in [0.1, 0.15) is 52.4 Å². The summed E-state index contributed by atoms with van der Waals surface area (Å²) in [4.78, 5) is 25.2. The molecule has 2 saturated heterocycles. The Balaban J connectivity index is 1.34. The number of carbonyl (C=O) groups excluding carboxylic acids is 2. The van der Waals surface area contributed by atoms with Gasteiger partial charge in [-0.1, -0.05) is 13.8 Å². The minimum atomic E-state index is 0.111. The predicted molar refractivity (Wildman–Crippen MR) is 116 cm³/mol. The predicted octanol–water partition coefficient (Wildman–Crippen LogP) is 2.98. The molecular formula is C23H35N3O2S. The van der Waals surface area contributed by atoms with Crippen molar-refractivity contribution >= 4 is 23.5 Å². The van der Waals surface area contributed by atoms with Gasteiger partial charge in [-0.15, -0.1) is 0 Å². The zero-order chi connectivity index (χ0) is 20.2. The summed E-state index contributed by atoms with van der Waals surface area (Å²) >= 11 is 1.97. The summed E-state index contributed by atoms with van der Waals surface area (Å²) < 4.78 is 0. The van der Waals surface area contributed by atoms with E-state index in [-0.39, 0.29) is 28.4 Å². The number of nitrogens with zero attached hydrogens (tertiary/aromatic N) is 1. The topological polar surface area (TPSA) is 61.4 Å². The summed E-state index contributed by atoms with van der Waals surface area (Å²) in [6.45, 7) is 7.67. The first-order valence-electron chi connectivity index (χ1n) is 11.5. The number of nitrogens with one attached hydrogen (secondary N) is 2. The summed E-state index contributed by atoms with van der Waals surface area (Å²) in [5.74, 6) is 4.76. The Labute approximate surface area is 178 Å². The van der Waals surface area contributed by atoms with Crippen LogP contribution in [0, 0.1) is 34.5 Å². The van der Waals surface area contributed by atoms with Gasteiger partial charge in [-0.3, -0.25) is 15.0 Å².